The zero-order chi connectivity index (χ0) is 9.97. The van der Waals surface area contributed by atoms with Crippen LogP contribution in [0.2, 0.25) is 5.02 Å². The summed E-state index contributed by atoms with van der Waals surface area (Å²) in [5, 5.41) is 0.609. The number of nitrogens with two attached hydrogens (primary N) is 1. The molecule has 0 atom stereocenters. The van der Waals surface area contributed by atoms with Crippen LogP contribution < -0.4 is 5.73 Å². The summed E-state index contributed by atoms with van der Waals surface area (Å²) < 4.78 is 0. The van der Waals surface area contributed by atoms with Gasteiger partial charge in [0.05, 0.1) is 16.4 Å². The van der Waals surface area contributed by atoms with Crippen LogP contribution >= 0.6 is 11.6 Å². The first kappa shape index (κ1) is 8.97. The van der Waals surface area contributed by atoms with Gasteiger partial charge in [-0.15, -0.1) is 0 Å². The summed E-state index contributed by atoms with van der Waals surface area (Å²) in [6.07, 6.45) is 1.59. The quantitative estimate of drug-likeness (QED) is 0.778. The van der Waals surface area contributed by atoms with Gasteiger partial charge in [0.1, 0.15) is 5.82 Å². The average Bonchev–Trinajstić information content (AvgIpc) is 2.19. The maximum absolute atomic E-state index is 5.72. The topological polar surface area (TPSA) is 51.8 Å². The lowest BCUT2D eigenvalue weighted by Gasteiger charge is -2.00. The van der Waals surface area contributed by atoms with Crippen molar-refractivity contribution < 1.29 is 0 Å². The van der Waals surface area contributed by atoms with Crippen molar-refractivity contribution in [3.05, 3.63) is 41.6 Å². The van der Waals surface area contributed by atoms with Gasteiger partial charge in [0.25, 0.3) is 0 Å². The number of hydrogen-bond donors (Lipinski definition) is 1. The molecule has 0 unspecified atom stereocenters. The zero-order valence-electron chi connectivity index (χ0n) is 7.31. The van der Waals surface area contributed by atoms with Gasteiger partial charge in [0.2, 0.25) is 0 Å². The maximum Gasteiger partial charge on any atom is 0.124 e. The molecule has 2 aromatic rings. The average molecular weight is 206 g/mol. The summed E-state index contributed by atoms with van der Waals surface area (Å²) in [5.41, 5.74) is 7.08. The second-order valence-electron chi connectivity index (χ2n) is 2.81. The monoisotopic (exact) mass is 205 g/mol. The minimum atomic E-state index is 0.485. The Kier molecular flexibility index (Phi) is 2.33. The van der Waals surface area contributed by atoms with Gasteiger partial charge in [0, 0.05) is 6.20 Å². The van der Waals surface area contributed by atoms with E-state index in [1.807, 2.05) is 18.2 Å². The number of anilines is 1. The normalized spacial score (nSPS) is 10.1. The van der Waals surface area contributed by atoms with Crippen LogP contribution in [-0.2, 0) is 0 Å². The molecular weight excluding hydrogens is 198 g/mol. The van der Waals surface area contributed by atoms with E-state index in [1.165, 1.54) is 0 Å². The minimum absolute atomic E-state index is 0.485. The Bertz CT molecular complexity index is 439. The molecule has 0 spiro atoms. The third kappa shape index (κ3) is 1.83. The SMILES string of the molecule is Nc1cccc(-c2ccc(Cl)cn2)n1. The number of rotatable bonds is 1. The molecule has 0 amide bonds. The summed E-state index contributed by atoms with van der Waals surface area (Å²) in [6, 6.07) is 9.01. The summed E-state index contributed by atoms with van der Waals surface area (Å²) in [5.74, 6) is 0.485. The van der Waals surface area contributed by atoms with E-state index in [9.17, 15) is 0 Å². The van der Waals surface area contributed by atoms with Crippen LogP contribution in [-0.4, -0.2) is 9.97 Å². The molecule has 3 nitrogen and oxygen atoms in total. The first-order valence-corrected chi connectivity index (χ1v) is 4.48. The van der Waals surface area contributed by atoms with Crippen LogP contribution in [0, 0.1) is 0 Å². The number of pyridine rings is 2. The van der Waals surface area contributed by atoms with Gasteiger partial charge in [-0.05, 0) is 24.3 Å². The molecule has 4 heteroatoms. The molecule has 2 N–H and O–H groups in total. The Morgan fingerprint density at radius 1 is 1.07 bits per heavy atom. The molecule has 2 aromatic heterocycles. The number of nitrogens with zero attached hydrogens (tertiary/aromatic N) is 2. The van der Waals surface area contributed by atoms with Crippen molar-refractivity contribution in [2.75, 3.05) is 5.73 Å². The van der Waals surface area contributed by atoms with Gasteiger partial charge in [-0.3, -0.25) is 4.98 Å². The fourth-order valence-electron chi connectivity index (χ4n) is 1.12. The lowest BCUT2D eigenvalue weighted by atomic mass is 10.2. The van der Waals surface area contributed by atoms with E-state index in [4.69, 9.17) is 17.3 Å². The van der Waals surface area contributed by atoms with Crippen LogP contribution in [0.1, 0.15) is 0 Å². The summed E-state index contributed by atoms with van der Waals surface area (Å²) in [4.78, 5) is 8.28. The van der Waals surface area contributed by atoms with Crippen molar-refractivity contribution in [2.45, 2.75) is 0 Å². The molecular formula is C10H8ClN3. The van der Waals surface area contributed by atoms with Crippen molar-refractivity contribution in [1.82, 2.24) is 9.97 Å². The van der Waals surface area contributed by atoms with Crippen LogP contribution in [0.15, 0.2) is 36.5 Å². The summed E-state index contributed by atoms with van der Waals surface area (Å²) in [6.45, 7) is 0. The van der Waals surface area contributed by atoms with Gasteiger partial charge in [-0.1, -0.05) is 17.7 Å². The van der Waals surface area contributed by atoms with Crippen LogP contribution in [0.3, 0.4) is 0 Å². The highest BCUT2D eigenvalue weighted by atomic mass is 35.5. The largest absolute Gasteiger partial charge is 0.384 e. The zero-order valence-corrected chi connectivity index (χ0v) is 8.07. The van der Waals surface area contributed by atoms with Crippen LogP contribution in [0.5, 0.6) is 0 Å². The van der Waals surface area contributed by atoms with Gasteiger partial charge >= 0.3 is 0 Å². The third-order valence-corrected chi connectivity index (χ3v) is 1.98. The molecule has 0 saturated carbocycles. The fraction of sp³-hybridized carbons (Fsp3) is 0. The molecule has 0 aliphatic rings. The van der Waals surface area contributed by atoms with E-state index in [-0.39, 0.29) is 0 Å². The molecule has 70 valence electrons. The number of hydrogen-bond acceptors (Lipinski definition) is 3. The van der Waals surface area contributed by atoms with E-state index in [2.05, 4.69) is 9.97 Å². The molecule has 14 heavy (non-hydrogen) atoms. The number of nitrogen functional groups attached to an aromatic ring is 1. The molecule has 0 fully saturated rings. The lowest BCUT2D eigenvalue weighted by Crippen LogP contribution is -1.92. The molecule has 0 bridgehead atoms. The van der Waals surface area contributed by atoms with Crippen molar-refractivity contribution in [3.63, 3.8) is 0 Å². The molecule has 0 aliphatic heterocycles. The third-order valence-electron chi connectivity index (χ3n) is 1.76. The van der Waals surface area contributed by atoms with E-state index >= 15 is 0 Å². The highest BCUT2D eigenvalue weighted by molar-refractivity contribution is 6.30. The standard InChI is InChI=1S/C10H8ClN3/c11-7-4-5-8(13-6-7)9-2-1-3-10(12)14-9/h1-6H,(H2,12,14). The Morgan fingerprint density at radius 2 is 1.93 bits per heavy atom. The molecule has 2 rings (SSSR count). The Hall–Kier alpha value is -1.61. The smallest absolute Gasteiger partial charge is 0.124 e. The molecule has 0 aliphatic carbocycles. The fourth-order valence-corrected chi connectivity index (χ4v) is 1.23. The highest BCUT2D eigenvalue weighted by Crippen LogP contribution is 2.16. The van der Waals surface area contributed by atoms with E-state index in [0.717, 1.165) is 11.4 Å². The molecule has 0 saturated heterocycles. The van der Waals surface area contributed by atoms with Crippen LogP contribution in [0.25, 0.3) is 11.4 Å². The van der Waals surface area contributed by atoms with Crippen LogP contribution in [0.4, 0.5) is 5.82 Å². The predicted octanol–water partition coefficient (Wildman–Crippen LogP) is 2.38. The van der Waals surface area contributed by atoms with E-state index < -0.39 is 0 Å². The highest BCUT2D eigenvalue weighted by Gasteiger charge is 2.00. The summed E-state index contributed by atoms with van der Waals surface area (Å²) >= 11 is 5.72. The minimum Gasteiger partial charge on any atom is -0.384 e. The van der Waals surface area contributed by atoms with Gasteiger partial charge in [0.15, 0.2) is 0 Å². The second kappa shape index (κ2) is 3.64. The lowest BCUT2D eigenvalue weighted by molar-refractivity contribution is 1.25. The van der Waals surface area contributed by atoms with Gasteiger partial charge in [-0.2, -0.15) is 0 Å². The molecule has 0 aromatic carbocycles. The Balaban J connectivity index is 2.44. The van der Waals surface area contributed by atoms with Gasteiger partial charge < -0.3 is 5.73 Å². The first-order valence-electron chi connectivity index (χ1n) is 4.10. The van der Waals surface area contributed by atoms with Crippen molar-refractivity contribution in [3.8, 4) is 11.4 Å². The Morgan fingerprint density at radius 3 is 2.57 bits per heavy atom. The number of aromatic nitrogens is 2. The Labute approximate surface area is 86.6 Å². The van der Waals surface area contributed by atoms with Gasteiger partial charge in [-0.25, -0.2) is 4.98 Å². The van der Waals surface area contributed by atoms with E-state index in [1.54, 1.807) is 18.3 Å². The molecule has 0 radical (unpaired) electrons. The number of halogens is 1. The predicted molar refractivity (Wildman–Crippen MR) is 56.9 cm³/mol. The van der Waals surface area contributed by atoms with Crippen molar-refractivity contribution in [1.29, 1.82) is 0 Å². The summed E-state index contributed by atoms with van der Waals surface area (Å²) in [7, 11) is 0. The van der Waals surface area contributed by atoms with Crippen molar-refractivity contribution >= 4 is 17.4 Å². The first-order chi connectivity index (χ1) is 6.75. The van der Waals surface area contributed by atoms with Crippen molar-refractivity contribution in [2.24, 2.45) is 0 Å². The second-order valence-corrected chi connectivity index (χ2v) is 3.25. The molecule has 2 heterocycles. The maximum atomic E-state index is 5.72. The van der Waals surface area contributed by atoms with E-state index in [0.29, 0.717) is 10.8 Å².